The van der Waals surface area contributed by atoms with E-state index in [2.05, 4.69) is 21.8 Å². The predicted octanol–water partition coefficient (Wildman–Crippen LogP) is 1.72. The van der Waals surface area contributed by atoms with E-state index in [1.54, 1.807) is 0 Å². The first kappa shape index (κ1) is 11.0. The third-order valence-corrected chi connectivity index (χ3v) is 3.95. The number of aryl methyl sites for hydroxylation is 1. The van der Waals surface area contributed by atoms with Crippen LogP contribution in [0.1, 0.15) is 35.2 Å². The molecule has 0 aromatic carbocycles. The molecule has 1 aromatic heterocycles. The van der Waals surface area contributed by atoms with Crippen molar-refractivity contribution < 1.29 is 0 Å². The van der Waals surface area contributed by atoms with Crippen LogP contribution in [0.2, 0.25) is 0 Å². The van der Waals surface area contributed by atoms with Crippen molar-refractivity contribution in [1.29, 1.82) is 0 Å². The summed E-state index contributed by atoms with van der Waals surface area (Å²) in [6, 6.07) is 0.535. The van der Waals surface area contributed by atoms with Crippen LogP contribution in [0.4, 0.5) is 0 Å². The molecule has 3 nitrogen and oxygen atoms in total. The summed E-state index contributed by atoms with van der Waals surface area (Å²) < 4.78 is 0. The summed E-state index contributed by atoms with van der Waals surface area (Å²) >= 11 is 1.88. The molecule has 1 atom stereocenters. The van der Waals surface area contributed by atoms with Gasteiger partial charge in [-0.05, 0) is 45.8 Å². The monoisotopic (exact) mass is 225 g/mol. The van der Waals surface area contributed by atoms with Crippen molar-refractivity contribution in [1.82, 2.24) is 15.6 Å². The molecule has 1 aliphatic heterocycles. The number of thiazole rings is 1. The molecule has 0 saturated carbocycles. The Bertz CT molecular complexity index is 292. The molecule has 84 valence electrons. The van der Waals surface area contributed by atoms with E-state index in [9.17, 15) is 0 Å². The zero-order valence-corrected chi connectivity index (χ0v) is 10.1. The Morgan fingerprint density at radius 2 is 2.60 bits per heavy atom. The van der Waals surface area contributed by atoms with Crippen LogP contribution in [0.5, 0.6) is 0 Å². The molecule has 0 spiro atoms. The van der Waals surface area contributed by atoms with E-state index in [0.29, 0.717) is 6.04 Å². The molecule has 1 aliphatic rings. The minimum Gasteiger partial charge on any atom is -0.320 e. The van der Waals surface area contributed by atoms with Gasteiger partial charge in [0.1, 0.15) is 5.01 Å². The second-order valence-electron chi connectivity index (χ2n) is 4.02. The van der Waals surface area contributed by atoms with Crippen molar-refractivity contribution in [3.63, 3.8) is 0 Å². The summed E-state index contributed by atoms with van der Waals surface area (Å²) in [6.45, 7) is 2.24. The zero-order chi connectivity index (χ0) is 10.5. The molecular weight excluding hydrogens is 206 g/mol. The lowest BCUT2D eigenvalue weighted by Gasteiger charge is -2.04. The Morgan fingerprint density at radius 3 is 3.33 bits per heavy atom. The topological polar surface area (TPSA) is 37.0 Å². The fraction of sp³-hybridized carbons (Fsp3) is 0.727. The molecule has 15 heavy (non-hydrogen) atoms. The maximum atomic E-state index is 4.51. The second-order valence-corrected chi connectivity index (χ2v) is 5.17. The summed E-state index contributed by atoms with van der Waals surface area (Å²) in [4.78, 5) is 5.94. The first-order valence-corrected chi connectivity index (χ1v) is 6.54. The number of nitrogens with one attached hydrogen (secondary N) is 2. The summed E-state index contributed by atoms with van der Waals surface area (Å²) in [5.74, 6) is 0. The number of aromatic nitrogens is 1. The van der Waals surface area contributed by atoms with E-state index in [0.717, 1.165) is 19.5 Å². The van der Waals surface area contributed by atoms with E-state index in [-0.39, 0.29) is 0 Å². The van der Waals surface area contributed by atoms with Crippen LogP contribution in [0, 0.1) is 0 Å². The van der Waals surface area contributed by atoms with Gasteiger partial charge in [0, 0.05) is 11.1 Å². The average Bonchev–Trinajstić information content (AvgIpc) is 2.87. The molecule has 2 N–H and O–H groups in total. The Hall–Kier alpha value is -0.450. The van der Waals surface area contributed by atoms with Gasteiger partial charge in [-0.15, -0.1) is 11.3 Å². The predicted molar refractivity (Wildman–Crippen MR) is 64.3 cm³/mol. The molecule has 0 bridgehead atoms. The van der Waals surface area contributed by atoms with Crippen LogP contribution in [0.3, 0.4) is 0 Å². The van der Waals surface area contributed by atoms with Gasteiger partial charge in [0.15, 0.2) is 0 Å². The van der Waals surface area contributed by atoms with Gasteiger partial charge < -0.3 is 10.6 Å². The third kappa shape index (κ3) is 3.00. The SMILES string of the molecule is CNCCCc1cnc(C2CCCN2)s1. The van der Waals surface area contributed by atoms with Crippen molar-refractivity contribution in [2.45, 2.75) is 31.7 Å². The van der Waals surface area contributed by atoms with Gasteiger partial charge in [0.25, 0.3) is 0 Å². The maximum absolute atomic E-state index is 4.51. The van der Waals surface area contributed by atoms with E-state index in [1.165, 1.54) is 29.1 Å². The zero-order valence-electron chi connectivity index (χ0n) is 9.25. The molecule has 0 amide bonds. The summed E-state index contributed by atoms with van der Waals surface area (Å²) in [5.41, 5.74) is 0. The highest BCUT2D eigenvalue weighted by Gasteiger charge is 2.18. The molecule has 2 heterocycles. The standard InChI is InChI=1S/C11H19N3S/c1-12-6-2-4-9-8-14-11(15-9)10-5-3-7-13-10/h8,10,12-13H,2-7H2,1H3. The highest BCUT2D eigenvalue weighted by molar-refractivity contribution is 7.11. The van der Waals surface area contributed by atoms with E-state index in [1.807, 2.05) is 18.4 Å². The van der Waals surface area contributed by atoms with Crippen LogP contribution >= 0.6 is 11.3 Å². The highest BCUT2D eigenvalue weighted by atomic mass is 32.1. The maximum Gasteiger partial charge on any atom is 0.110 e. The molecule has 0 aliphatic carbocycles. The largest absolute Gasteiger partial charge is 0.320 e. The second kappa shape index (κ2) is 5.58. The van der Waals surface area contributed by atoms with Gasteiger partial charge in [0.05, 0.1) is 6.04 Å². The van der Waals surface area contributed by atoms with Gasteiger partial charge in [-0.1, -0.05) is 0 Å². The highest BCUT2D eigenvalue weighted by Crippen LogP contribution is 2.27. The van der Waals surface area contributed by atoms with E-state index < -0.39 is 0 Å². The van der Waals surface area contributed by atoms with Crippen molar-refractivity contribution in [3.05, 3.63) is 16.1 Å². The fourth-order valence-corrected chi connectivity index (χ4v) is 3.00. The van der Waals surface area contributed by atoms with Crippen LogP contribution in [0.25, 0.3) is 0 Å². The molecule has 1 aromatic rings. The number of hydrogen-bond acceptors (Lipinski definition) is 4. The third-order valence-electron chi connectivity index (χ3n) is 2.78. The van der Waals surface area contributed by atoms with Crippen molar-refractivity contribution in [2.75, 3.05) is 20.1 Å². The molecule has 1 fully saturated rings. The Labute approximate surface area is 95.3 Å². The van der Waals surface area contributed by atoms with Crippen LogP contribution in [-0.4, -0.2) is 25.1 Å². The Balaban J connectivity index is 1.86. The lowest BCUT2D eigenvalue weighted by Crippen LogP contribution is -2.12. The minimum absolute atomic E-state index is 0.535. The lowest BCUT2D eigenvalue weighted by molar-refractivity contribution is 0.643. The summed E-state index contributed by atoms with van der Waals surface area (Å²) in [6.07, 6.45) is 6.96. The average molecular weight is 225 g/mol. The van der Waals surface area contributed by atoms with Gasteiger partial charge in [-0.3, -0.25) is 0 Å². The van der Waals surface area contributed by atoms with Crippen LogP contribution in [-0.2, 0) is 6.42 Å². The molecule has 1 saturated heterocycles. The first-order valence-electron chi connectivity index (χ1n) is 5.72. The normalized spacial score (nSPS) is 21.0. The molecule has 4 heteroatoms. The smallest absolute Gasteiger partial charge is 0.110 e. The molecule has 1 unspecified atom stereocenters. The van der Waals surface area contributed by atoms with E-state index in [4.69, 9.17) is 0 Å². The van der Waals surface area contributed by atoms with E-state index >= 15 is 0 Å². The number of rotatable bonds is 5. The summed E-state index contributed by atoms with van der Waals surface area (Å²) in [5, 5.41) is 7.94. The van der Waals surface area contributed by atoms with Crippen molar-refractivity contribution >= 4 is 11.3 Å². The Morgan fingerprint density at radius 1 is 1.67 bits per heavy atom. The first-order chi connectivity index (χ1) is 7.40. The van der Waals surface area contributed by atoms with Gasteiger partial charge in [-0.2, -0.15) is 0 Å². The van der Waals surface area contributed by atoms with Gasteiger partial charge in [-0.25, -0.2) is 4.98 Å². The molecule has 2 rings (SSSR count). The van der Waals surface area contributed by atoms with Gasteiger partial charge in [0.2, 0.25) is 0 Å². The minimum atomic E-state index is 0.535. The lowest BCUT2D eigenvalue weighted by atomic mass is 10.2. The number of nitrogens with zero attached hydrogens (tertiary/aromatic N) is 1. The summed E-state index contributed by atoms with van der Waals surface area (Å²) in [7, 11) is 2.00. The molecular formula is C11H19N3S. The quantitative estimate of drug-likeness (QED) is 0.749. The fourth-order valence-electron chi connectivity index (χ4n) is 1.93. The number of hydrogen-bond donors (Lipinski definition) is 2. The van der Waals surface area contributed by atoms with Crippen LogP contribution in [0.15, 0.2) is 6.20 Å². The van der Waals surface area contributed by atoms with Crippen molar-refractivity contribution in [2.24, 2.45) is 0 Å². The molecule has 0 radical (unpaired) electrons. The van der Waals surface area contributed by atoms with Crippen molar-refractivity contribution in [3.8, 4) is 0 Å². The van der Waals surface area contributed by atoms with Crippen LogP contribution < -0.4 is 10.6 Å². The Kier molecular flexibility index (Phi) is 4.11. The van der Waals surface area contributed by atoms with Gasteiger partial charge >= 0.3 is 0 Å².